The van der Waals surface area contributed by atoms with Crippen LogP contribution in [-0.2, 0) is 19.6 Å². The third-order valence-electron chi connectivity index (χ3n) is 5.32. The molecular formula is C18H33N3O4S. The Morgan fingerprint density at radius 1 is 1.00 bits per heavy atom. The second kappa shape index (κ2) is 10.3. The predicted octanol–water partition coefficient (Wildman–Crippen LogP) is 1.39. The molecule has 7 nitrogen and oxygen atoms in total. The van der Waals surface area contributed by atoms with Crippen molar-refractivity contribution in [2.45, 2.75) is 70.8 Å². The van der Waals surface area contributed by atoms with E-state index in [1.54, 1.807) is 0 Å². The van der Waals surface area contributed by atoms with E-state index in [-0.39, 0.29) is 30.2 Å². The molecule has 1 aliphatic heterocycles. The Bertz CT molecular complexity index is 565. The van der Waals surface area contributed by atoms with Crippen LogP contribution in [0.2, 0.25) is 0 Å². The van der Waals surface area contributed by atoms with Crippen LogP contribution in [0.3, 0.4) is 0 Å². The molecule has 0 spiro atoms. The van der Waals surface area contributed by atoms with Crippen molar-refractivity contribution in [3.05, 3.63) is 0 Å². The monoisotopic (exact) mass is 387 g/mol. The zero-order valence-electron chi connectivity index (χ0n) is 15.8. The van der Waals surface area contributed by atoms with Crippen molar-refractivity contribution < 1.29 is 18.0 Å². The van der Waals surface area contributed by atoms with E-state index in [0.29, 0.717) is 44.7 Å². The van der Waals surface area contributed by atoms with Crippen molar-refractivity contribution in [3.8, 4) is 0 Å². The summed E-state index contributed by atoms with van der Waals surface area (Å²) in [7, 11) is -3.16. The Hall–Kier alpha value is -1.15. The van der Waals surface area contributed by atoms with Gasteiger partial charge >= 0.3 is 0 Å². The number of carbonyl (C=O) groups is 2. The first-order valence-electron chi connectivity index (χ1n) is 9.94. The molecule has 2 fully saturated rings. The fraction of sp³-hybridized carbons (Fsp3) is 0.889. The van der Waals surface area contributed by atoms with Crippen LogP contribution in [0, 0.1) is 5.92 Å². The van der Waals surface area contributed by atoms with E-state index < -0.39 is 10.0 Å². The summed E-state index contributed by atoms with van der Waals surface area (Å²) in [6.45, 7) is 2.75. The zero-order valence-corrected chi connectivity index (χ0v) is 16.7. The molecule has 2 aliphatic rings. The number of nitrogens with one attached hydrogen (secondary N) is 2. The first kappa shape index (κ1) is 21.2. The number of hydrogen-bond acceptors (Lipinski definition) is 4. The SMILES string of the molecule is CCCS(=O)(=O)N1CCC(NC(=O)CNC(=O)CC2CCCCC2)CC1. The van der Waals surface area contributed by atoms with Gasteiger partial charge in [0.05, 0.1) is 12.3 Å². The van der Waals surface area contributed by atoms with E-state index in [9.17, 15) is 18.0 Å². The van der Waals surface area contributed by atoms with Crippen LogP contribution < -0.4 is 10.6 Å². The number of nitrogens with zero attached hydrogens (tertiary/aromatic N) is 1. The first-order chi connectivity index (χ1) is 12.4. The molecule has 0 atom stereocenters. The lowest BCUT2D eigenvalue weighted by Gasteiger charge is -2.31. The van der Waals surface area contributed by atoms with E-state index in [1.165, 1.54) is 23.6 Å². The standard InChI is InChI=1S/C18H33N3O4S/c1-2-12-26(24,25)21-10-8-16(9-11-21)20-18(23)14-19-17(22)13-15-6-4-3-5-7-15/h15-16H,2-14H2,1H3,(H,19,22)(H,20,23). The number of rotatable bonds is 8. The summed E-state index contributed by atoms with van der Waals surface area (Å²) < 4.78 is 25.6. The third-order valence-corrected chi connectivity index (χ3v) is 7.40. The molecule has 1 heterocycles. The molecule has 26 heavy (non-hydrogen) atoms. The van der Waals surface area contributed by atoms with E-state index in [0.717, 1.165) is 12.8 Å². The van der Waals surface area contributed by atoms with Gasteiger partial charge in [-0.1, -0.05) is 26.2 Å². The highest BCUT2D eigenvalue weighted by Crippen LogP contribution is 2.26. The molecule has 150 valence electrons. The number of piperidine rings is 1. The lowest BCUT2D eigenvalue weighted by Crippen LogP contribution is -2.49. The van der Waals surface area contributed by atoms with Crippen molar-refractivity contribution in [3.63, 3.8) is 0 Å². The fourth-order valence-corrected chi connectivity index (χ4v) is 5.39. The second-order valence-corrected chi connectivity index (χ2v) is 9.63. The van der Waals surface area contributed by atoms with Crippen molar-refractivity contribution in [1.82, 2.24) is 14.9 Å². The number of carbonyl (C=O) groups excluding carboxylic acids is 2. The summed E-state index contributed by atoms with van der Waals surface area (Å²) in [4.78, 5) is 24.0. The topological polar surface area (TPSA) is 95.6 Å². The zero-order chi connectivity index (χ0) is 19.0. The van der Waals surface area contributed by atoms with Crippen LogP contribution in [0.15, 0.2) is 0 Å². The van der Waals surface area contributed by atoms with Gasteiger partial charge in [-0.2, -0.15) is 0 Å². The Morgan fingerprint density at radius 2 is 1.65 bits per heavy atom. The maximum atomic E-state index is 12.0. The maximum Gasteiger partial charge on any atom is 0.239 e. The molecule has 0 aromatic rings. The third kappa shape index (κ3) is 6.87. The van der Waals surface area contributed by atoms with Gasteiger partial charge in [0, 0.05) is 25.6 Å². The highest BCUT2D eigenvalue weighted by molar-refractivity contribution is 7.89. The highest BCUT2D eigenvalue weighted by Gasteiger charge is 2.28. The number of hydrogen-bond donors (Lipinski definition) is 2. The van der Waals surface area contributed by atoms with Crippen LogP contribution in [-0.4, -0.2) is 56.0 Å². The van der Waals surface area contributed by atoms with Gasteiger partial charge in [-0.25, -0.2) is 12.7 Å². The van der Waals surface area contributed by atoms with Crippen molar-refractivity contribution in [1.29, 1.82) is 0 Å². The van der Waals surface area contributed by atoms with E-state index in [2.05, 4.69) is 10.6 Å². The lowest BCUT2D eigenvalue weighted by molar-refractivity contribution is -0.127. The Labute approximate surface area is 157 Å². The summed E-state index contributed by atoms with van der Waals surface area (Å²) in [6, 6.07) is -0.0224. The fourth-order valence-electron chi connectivity index (χ4n) is 3.85. The summed E-state index contributed by atoms with van der Waals surface area (Å²) in [5.41, 5.74) is 0. The minimum Gasteiger partial charge on any atom is -0.352 e. The normalized spacial score (nSPS) is 20.7. The average Bonchev–Trinajstić information content (AvgIpc) is 2.61. The molecule has 2 N–H and O–H groups in total. The molecule has 0 unspecified atom stereocenters. The van der Waals surface area contributed by atoms with Gasteiger partial charge in [0.2, 0.25) is 21.8 Å². The number of amides is 2. The maximum absolute atomic E-state index is 12.0. The van der Waals surface area contributed by atoms with Crippen LogP contribution in [0.1, 0.15) is 64.7 Å². The predicted molar refractivity (Wildman–Crippen MR) is 101 cm³/mol. The van der Waals surface area contributed by atoms with Gasteiger partial charge in [0.15, 0.2) is 0 Å². The average molecular weight is 388 g/mol. The summed E-state index contributed by atoms with van der Waals surface area (Å²) >= 11 is 0. The Morgan fingerprint density at radius 3 is 2.27 bits per heavy atom. The van der Waals surface area contributed by atoms with Gasteiger partial charge < -0.3 is 10.6 Å². The molecule has 1 saturated heterocycles. The minimum absolute atomic E-state index is 0.0000983. The number of sulfonamides is 1. The van der Waals surface area contributed by atoms with Gasteiger partial charge in [-0.15, -0.1) is 0 Å². The van der Waals surface area contributed by atoms with E-state index >= 15 is 0 Å². The molecule has 0 bridgehead atoms. The Balaban J connectivity index is 1.63. The minimum atomic E-state index is -3.16. The molecular weight excluding hydrogens is 354 g/mol. The molecule has 0 aromatic heterocycles. The van der Waals surface area contributed by atoms with Crippen molar-refractivity contribution >= 4 is 21.8 Å². The first-order valence-corrected chi connectivity index (χ1v) is 11.6. The molecule has 1 aliphatic carbocycles. The Kier molecular flexibility index (Phi) is 8.34. The quantitative estimate of drug-likeness (QED) is 0.658. The van der Waals surface area contributed by atoms with Crippen molar-refractivity contribution in [2.24, 2.45) is 5.92 Å². The lowest BCUT2D eigenvalue weighted by atomic mass is 9.87. The molecule has 0 radical (unpaired) electrons. The molecule has 2 rings (SSSR count). The highest BCUT2D eigenvalue weighted by atomic mass is 32.2. The summed E-state index contributed by atoms with van der Waals surface area (Å²) in [5, 5.41) is 5.62. The van der Waals surface area contributed by atoms with Crippen LogP contribution >= 0.6 is 0 Å². The molecule has 2 amide bonds. The van der Waals surface area contributed by atoms with Crippen LogP contribution in [0.5, 0.6) is 0 Å². The largest absolute Gasteiger partial charge is 0.352 e. The van der Waals surface area contributed by atoms with Gasteiger partial charge in [-0.3, -0.25) is 9.59 Å². The van der Waals surface area contributed by atoms with Gasteiger partial charge in [-0.05, 0) is 38.0 Å². The summed E-state index contributed by atoms with van der Waals surface area (Å²) in [6.07, 6.45) is 8.24. The molecule has 8 heteroatoms. The molecule has 1 saturated carbocycles. The molecule has 0 aromatic carbocycles. The summed E-state index contributed by atoms with van der Waals surface area (Å²) in [5.74, 6) is 0.391. The van der Waals surface area contributed by atoms with E-state index in [1.807, 2.05) is 6.92 Å². The van der Waals surface area contributed by atoms with E-state index in [4.69, 9.17) is 0 Å². The van der Waals surface area contributed by atoms with Crippen LogP contribution in [0.4, 0.5) is 0 Å². The van der Waals surface area contributed by atoms with Gasteiger partial charge in [0.1, 0.15) is 0 Å². The van der Waals surface area contributed by atoms with Gasteiger partial charge in [0.25, 0.3) is 0 Å². The smallest absolute Gasteiger partial charge is 0.239 e. The van der Waals surface area contributed by atoms with Crippen molar-refractivity contribution in [2.75, 3.05) is 25.4 Å². The second-order valence-electron chi connectivity index (χ2n) is 7.54. The van der Waals surface area contributed by atoms with Crippen LogP contribution in [0.25, 0.3) is 0 Å².